The van der Waals surface area contributed by atoms with E-state index in [-0.39, 0.29) is 0 Å². The summed E-state index contributed by atoms with van der Waals surface area (Å²) < 4.78 is 2.40. The molecule has 254 valence electrons. The summed E-state index contributed by atoms with van der Waals surface area (Å²) in [4.78, 5) is 2.48. The third-order valence-corrected chi connectivity index (χ3v) is 10.6. The van der Waals surface area contributed by atoms with Crippen molar-refractivity contribution in [2.75, 3.05) is 4.90 Å². The molecule has 0 saturated heterocycles. The maximum Gasteiger partial charge on any atom is 0.0562 e. The number of aromatic nitrogens is 1. The fourth-order valence-corrected chi connectivity index (χ4v) is 8.11. The van der Waals surface area contributed by atoms with Crippen LogP contribution >= 0.6 is 0 Å². The van der Waals surface area contributed by atoms with Crippen LogP contribution in [0.2, 0.25) is 0 Å². The molecule has 2 nitrogen and oxygen atoms in total. The molecule has 0 bridgehead atoms. The van der Waals surface area contributed by atoms with Crippen LogP contribution in [0.15, 0.2) is 218 Å². The second-order valence-corrected chi connectivity index (χ2v) is 13.7. The molecular weight excluding hydrogens is 653 g/mol. The van der Waals surface area contributed by atoms with Crippen molar-refractivity contribution in [2.24, 2.45) is 0 Å². The van der Waals surface area contributed by atoms with Gasteiger partial charge in [-0.3, -0.25) is 0 Å². The van der Waals surface area contributed by atoms with Crippen molar-refractivity contribution in [3.05, 3.63) is 218 Å². The maximum absolute atomic E-state index is 2.48. The average molecular weight is 689 g/mol. The molecule has 10 aromatic rings. The molecule has 0 radical (unpaired) electrons. The highest BCUT2D eigenvalue weighted by molar-refractivity contribution is 6.17. The highest BCUT2D eigenvalue weighted by Crippen LogP contribution is 2.48. The molecule has 54 heavy (non-hydrogen) atoms. The van der Waals surface area contributed by atoms with Gasteiger partial charge in [0.1, 0.15) is 0 Å². The van der Waals surface area contributed by atoms with E-state index >= 15 is 0 Å². The minimum absolute atomic E-state index is 1.09. The van der Waals surface area contributed by atoms with Gasteiger partial charge in [-0.25, -0.2) is 0 Å². The number of para-hydroxylation sites is 2. The van der Waals surface area contributed by atoms with Gasteiger partial charge in [0.25, 0.3) is 0 Å². The van der Waals surface area contributed by atoms with Crippen molar-refractivity contribution in [1.29, 1.82) is 0 Å². The smallest absolute Gasteiger partial charge is 0.0562 e. The fourth-order valence-electron chi connectivity index (χ4n) is 8.11. The highest BCUT2D eigenvalue weighted by Gasteiger charge is 2.24. The molecule has 1 heterocycles. The van der Waals surface area contributed by atoms with Crippen molar-refractivity contribution < 1.29 is 0 Å². The lowest BCUT2D eigenvalue weighted by Gasteiger charge is -2.29. The van der Waals surface area contributed by atoms with E-state index < -0.39 is 0 Å². The molecular formula is C52H36N2. The van der Waals surface area contributed by atoms with Crippen LogP contribution < -0.4 is 4.90 Å². The summed E-state index contributed by atoms with van der Waals surface area (Å²) in [5, 5.41) is 4.89. The molecule has 0 N–H and O–H groups in total. The molecule has 0 fully saturated rings. The Morgan fingerprint density at radius 1 is 0.333 bits per heavy atom. The molecule has 0 amide bonds. The Morgan fingerprint density at radius 2 is 0.907 bits per heavy atom. The molecule has 0 aliphatic heterocycles. The Morgan fingerprint density at radius 3 is 1.69 bits per heavy atom. The molecule has 0 atom stereocenters. The lowest BCUT2D eigenvalue weighted by Crippen LogP contribution is -2.12. The molecule has 10 rings (SSSR count). The van der Waals surface area contributed by atoms with Gasteiger partial charge in [0.15, 0.2) is 0 Å². The normalized spacial score (nSPS) is 11.3. The molecule has 0 unspecified atom stereocenters. The summed E-state index contributed by atoms with van der Waals surface area (Å²) in [6.45, 7) is 0. The van der Waals surface area contributed by atoms with Crippen LogP contribution in [-0.4, -0.2) is 4.57 Å². The lowest BCUT2D eigenvalue weighted by atomic mass is 9.94. The Kier molecular flexibility index (Phi) is 7.85. The first kappa shape index (κ1) is 31.6. The zero-order chi connectivity index (χ0) is 35.8. The molecule has 2 heteroatoms. The number of benzene rings is 9. The molecule has 1 aromatic heterocycles. The van der Waals surface area contributed by atoms with Gasteiger partial charge in [-0.05, 0) is 87.1 Å². The molecule has 0 aliphatic carbocycles. The topological polar surface area (TPSA) is 8.17 Å². The number of fused-ring (bicyclic) bond motifs is 4. The van der Waals surface area contributed by atoms with Crippen molar-refractivity contribution in [3.63, 3.8) is 0 Å². The van der Waals surface area contributed by atoms with E-state index in [4.69, 9.17) is 0 Å². The molecule has 0 saturated carbocycles. The largest absolute Gasteiger partial charge is 0.309 e. The second-order valence-electron chi connectivity index (χ2n) is 13.7. The molecule has 0 aliphatic rings. The Hall–Kier alpha value is -7.16. The predicted molar refractivity (Wildman–Crippen MR) is 229 cm³/mol. The first-order valence-electron chi connectivity index (χ1n) is 18.5. The number of nitrogens with zero attached hydrogens (tertiary/aromatic N) is 2. The van der Waals surface area contributed by atoms with E-state index in [1.807, 2.05) is 0 Å². The zero-order valence-corrected chi connectivity index (χ0v) is 29.7. The summed E-state index contributed by atoms with van der Waals surface area (Å²) in [6.07, 6.45) is 0. The highest BCUT2D eigenvalue weighted by atomic mass is 15.2. The van der Waals surface area contributed by atoms with E-state index in [0.717, 1.165) is 33.8 Å². The Bertz CT molecular complexity index is 2900. The van der Waals surface area contributed by atoms with E-state index in [2.05, 4.69) is 228 Å². The summed E-state index contributed by atoms with van der Waals surface area (Å²) in [7, 11) is 0. The quantitative estimate of drug-likeness (QED) is 0.162. The number of hydrogen-bond donors (Lipinski definition) is 0. The summed E-state index contributed by atoms with van der Waals surface area (Å²) >= 11 is 0. The van der Waals surface area contributed by atoms with Crippen molar-refractivity contribution in [3.8, 4) is 39.1 Å². The van der Waals surface area contributed by atoms with E-state index in [1.165, 1.54) is 54.9 Å². The van der Waals surface area contributed by atoms with Crippen molar-refractivity contribution in [1.82, 2.24) is 4.57 Å². The molecule has 0 spiro atoms. The Labute approximate surface area is 315 Å². The van der Waals surface area contributed by atoms with Crippen molar-refractivity contribution in [2.45, 2.75) is 0 Å². The summed E-state index contributed by atoms with van der Waals surface area (Å²) in [5.41, 5.74) is 13.9. The maximum atomic E-state index is 2.48. The van der Waals surface area contributed by atoms with Gasteiger partial charge in [-0.15, -0.1) is 0 Å². The number of rotatable bonds is 7. The lowest BCUT2D eigenvalue weighted by molar-refractivity contribution is 1.18. The minimum Gasteiger partial charge on any atom is -0.309 e. The second kappa shape index (κ2) is 13.4. The SMILES string of the molecule is c1ccc(-c2ccc(N(c3cc(-c4cccc5ccccc45)ccc3-c3ccccc3)c3cccc4c3c3ccccc3n4-c3ccccc3)cc2)cc1. The van der Waals surface area contributed by atoms with Crippen LogP contribution in [-0.2, 0) is 0 Å². The van der Waals surface area contributed by atoms with Crippen LogP contribution in [0.4, 0.5) is 17.1 Å². The standard InChI is InChI=1S/C52H36N2/c1-4-16-37(17-5-1)38-30-33-43(34-31-38)54(50-29-15-28-49-52(50)47-25-12-13-27-48(47)53(49)42-22-8-3-9-23-42)51-36-41(32-35-46(51)40-18-6-2-7-19-40)45-26-14-21-39-20-10-11-24-44(39)45/h1-36H. The third-order valence-electron chi connectivity index (χ3n) is 10.6. The van der Waals surface area contributed by atoms with E-state index in [9.17, 15) is 0 Å². The minimum atomic E-state index is 1.09. The van der Waals surface area contributed by atoms with Gasteiger partial charge in [0.2, 0.25) is 0 Å². The number of anilines is 3. The van der Waals surface area contributed by atoms with Gasteiger partial charge in [0.05, 0.1) is 22.4 Å². The van der Waals surface area contributed by atoms with Gasteiger partial charge in [-0.1, -0.05) is 170 Å². The zero-order valence-electron chi connectivity index (χ0n) is 29.7. The Balaban J connectivity index is 1.29. The van der Waals surface area contributed by atoms with Crippen molar-refractivity contribution >= 4 is 49.6 Å². The first-order chi connectivity index (χ1) is 26.8. The molecule has 9 aromatic carbocycles. The average Bonchev–Trinajstić information content (AvgIpc) is 3.60. The number of hydrogen-bond acceptors (Lipinski definition) is 1. The predicted octanol–water partition coefficient (Wildman–Crippen LogP) is 14.4. The van der Waals surface area contributed by atoms with E-state index in [1.54, 1.807) is 0 Å². The third kappa shape index (κ3) is 5.44. The van der Waals surface area contributed by atoms with Gasteiger partial charge < -0.3 is 9.47 Å². The van der Waals surface area contributed by atoms with Crippen LogP contribution in [0.1, 0.15) is 0 Å². The van der Waals surface area contributed by atoms with E-state index in [0.29, 0.717) is 0 Å². The monoisotopic (exact) mass is 688 g/mol. The van der Waals surface area contributed by atoms with Gasteiger partial charge in [-0.2, -0.15) is 0 Å². The van der Waals surface area contributed by atoms with Crippen LogP contribution in [0.25, 0.3) is 71.6 Å². The van der Waals surface area contributed by atoms with Crippen LogP contribution in [0, 0.1) is 0 Å². The fraction of sp³-hybridized carbons (Fsp3) is 0. The van der Waals surface area contributed by atoms with Gasteiger partial charge >= 0.3 is 0 Å². The first-order valence-corrected chi connectivity index (χ1v) is 18.5. The van der Waals surface area contributed by atoms with Crippen LogP contribution in [0.3, 0.4) is 0 Å². The van der Waals surface area contributed by atoms with Crippen LogP contribution in [0.5, 0.6) is 0 Å². The van der Waals surface area contributed by atoms with Gasteiger partial charge in [0, 0.05) is 27.7 Å². The summed E-state index contributed by atoms with van der Waals surface area (Å²) in [5.74, 6) is 0. The summed E-state index contributed by atoms with van der Waals surface area (Å²) in [6, 6.07) is 79.0.